The highest BCUT2D eigenvalue weighted by atomic mass is 79.9. The Balaban J connectivity index is 1.61. The van der Waals surface area contributed by atoms with E-state index < -0.39 is 36.1 Å². The van der Waals surface area contributed by atoms with Crippen LogP contribution in [-0.2, 0) is 15.7 Å². The number of aryl methyl sites for hydroxylation is 1. The number of ether oxygens (including phenoxy) is 2. The SMILES string of the molecule is Cc1nc(C2OC3COC3C(n3cc(Br)cn3)C2O)n(-c2cc(Cl)ccc2C(F)(F)F)n1. The Morgan fingerprint density at radius 2 is 2.09 bits per heavy atom. The summed E-state index contributed by atoms with van der Waals surface area (Å²) in [6.45, 7) is 1.83. The van der Waals surface area contributed by atoms with E-state index in [4.69, 9.17) is 21.1 Å². The maximum absolute atomic E-state index is 13.7. The van der Waals surface area contributed by atoms with Crippen molar-refractivity contribution in [2.24, 2.45) is 0 Å². The minimum absolute atomic E-state index is 0.0318. The van der Waals surface area contributed by atoms with Gasteiger partial charge in [0.15, 0.2) is 5.82 Å². The summed E-state index contributed by atoms with van der Waals surface area (Å²) in [5, 5.41) is 19.7. The van der Waals surface area contributed by atoms with E-state index >= 15 is 0 Å². The van der Waals surface area contributed by atoms with Crippen LogP contribution in [0.3, 0.4) is 0 Å². The summed E-state index contributed by atoms with van der Waals surface area (Å²) >= 11 is 9.33. The fraction of sp³-hybridized carbons (Fsp3) is 0.421. The highest BCUT2D eigenvalue weighted by Gasteiger charge is 2.54. The summed E-state index contributed by atoms with van der Waals surface area (Å²) in [5.41, 5.74) is -1.24. The van der Waals surface area contributed by atoms with Gasteiger partial charge in [-0.3, -0.25) is 4.68 Å². The van der Waals surface area contributed by atoms with E-state index in [-0.39, 0.29) is 35.1 Å². The lowest BCUT2D eigenvalue weighted by atomic mass is 9.89. The zero-order valence-electron chi connectivity index (χ0n) is 16.4. The lowest BCUT2D eigenvalue weighted by molar-refractivity contribution is -0.288. The first-order valence-electron chi connectivity index (χ1n) is 9.59. The summed E-state index contributed by atoms with van der Waals surface area (Å²) < 4.78 is 56.0. The predicted molar refractivity (Wildman–Crippen MR) is 108 cm³/mol. The van der Waals surface area contributed by atoms with E-state index in [1.807, 2.05) is 0 Å². The van der Waals surface area contributed by atoms with Gasteiger partial charge in [0.2, 0.25) is 0 Å². The highest BCUT2D eigenvalue weighted by molar-refractivity contribution is 9.10. The van der Waals surface area contributed by atoms with Gasteiger partial charge < -0.3 is 14.6 Å². The van der Waals surface area contributed by atoms with Crippen LogP contribution in [0.4, 0.5) is 13.2 Å². The van der Waals surface area contributed by atoms with E-state index in [9.17, 15) is 18.3 Å². The van der Waals surface area contributed by atoms with Crippen LogP contribution in [0.25, 0.3) is 5.69 Å². The van der Waals surface area contributed by atoms with Gasteiger partial charge >= 0.3 is 6.18 Å². The molecule has 0 saturated carbocycles. The molecule has 0 radical (unpaired) electrons. The lowest BCUT2D eigenvalue weighted by Crippen LogP contribution is -2.60. The second-order valence-electron chi connectivity index (χ2n) is 7.60. The van der Waals surface area contributed by atoms with Crippen molar-refractivity contribution < 1.29 is 27.8 Å². The van der Waals surface area contributed by atoms with Crippen molar-refractivity contribution in [3.05, 3.63) is 57.3 Å². The summed E-state index contributed by atoms with van der Waals surface area (Å²) in [7, 11) is 0. The molecule has 0 amide bonds. The Hall–Kier alpha value is -1.99. The molecule has 2 aliphatic rings. The minimum atomic E-state index is -4.65. The van der Waals surface area contributed by atoms with Gasteiger partial charge in [0.1, 0.15) is 36.3 Å². The minimum Gasteiger partial charge on any atom is -0.388 e. The topological polar surface area (TPSA) is 87.2 Å². The highest BCUT2D eigenvalue weighted by Crippen LogP contribution is 2.44. The van der Waals surface area contributed by atoms with Crippen LogP contribution in [0.1, 0.15) is 29.4 Å². The number of halogens is 5. The second-order valence-corrected chi connectivity index (χ2v) is 8.95. The molecular weight excluding hydrogens is 519 g/mol. The maximum Gasteiger partial charge on any atom is 0.418 e. The molecule has 1 N–H and O–H groups in total. The Bertz CT molecular complexity index is 1170. The van der Waals surface area contributed by atoms with Crippen molar-refractivity contribution in [3.8, 4) is 5.69 Å². The summed E-state index contributed by atoms with van der Waals surface area (Å²) in [5.74, 6) is 0.249. The molecule has 0 spiro atoms. The smallest absolute Gasteiger partial charge is 0.388 e. The Labute approximate surface area is 193 Å². The van der Waals surface area contributed by atoms with Crippen molar-refractivity contribution in [3.63, 3.8) is 0 Å². The van der Waals surface area contributed by atoms with Gasteiger partial charge in [0, 0.05) is 11.2 Å². The van der Waals surface area contributed by atoms with Gasteiger partial charge in [-0.2, -0.15) is 23.4 Å². The third-order valence-corrected chi connectivity index (χ3v) is 6.14. The van der Waals surface area contributed by atoms with E-state index in [0.29, 0.717) is 4.47 Å². The van der Waals surface area contributed by atoms with Crippen LogP contribution in [0.2, 0.25) is 5.02 Å². The van der Waals surface area contributed by atoms with Gasteiger partial charge in [0.25, 0.3) is 0 Å². The molecule has 2 aliphatic heterocycles. The van der Waals surface area contributed by atoms with Gasteiger partial charge in [-0.05, 0) is 41.1 Å². The molecular formula is C19H16BrClF3N5O3. The van der Waals surface area contributed by atoms with Crippen LogP contribution >= 0.6 is 27.5 Å². The van der Waals surface area contributed by atoms with Crippen molar-refractivity contribution in [1.29, 1.82) is 0 Å². The van der Waals surface area contributed by atoms with Crippen molar-refractivity contribution in [1.82, 2.24) is 24.5 Å². The molecule has 170 valence electrons. The molecule has 5 atom stereocenters. The molecule has 32 heavy (non-hydrogen) atoms. The molecule has 3 aromatic rings. The quantitative estimate of drug-likeness (QED) is 0.552. The second kappa shape index (κ2) is 7.80. The van der Waals surface area contributed by atoms with Crippen molar-refractivity contribution >= 4 is 27.5 Å². The number of alkyl halides is 3. The number of rotatable bonds is 3. The third-order valence-electron chi connectivity index (χ3n) is 5.50. The monoisotopic (exact) mass is 533 g/mol. The fourth-order valence-corrected chi connectivity index (χ4v) is 4.54. The zero-order chi connectivity index (χ0) is 22.8. The molecule has 2 saturated heterocycles. The standard InChI is InChI=1S/C19H16BrClF3N5O3/c1-8-26-18(29(27-8)12-4-10(21)2-3-11(12)19(22,23)24)17-15(30)14(16-13(32-17)7-31-16)28-6-9(20)5-25-28/h2-6,13-17,30H,7H2,1H3. The van der Waals surface area contributed by atoms with Crippen molar-refractivity contribution in [2.75, 3.05) is 6.61 Å². The molecule has 2 aromatic heterocycles. The number of aliphatic hydroxyl groups is 1. The molecule has 13 heteroatoms. The first-order chi connectivity index (χ1) is 15.1. The molecule has 1 aromatic carbocycles. The molecule has 2 fully saturated rings. The van der Waals surface area contributed by atoms with Gasteiger partial charge in [0.05, 0.1) is 28.5 Å². The van der Waals surface area contributed by atoms with Gasteiger partial charge in [-0.25, -0.2) is 9.67 Å². The lowest BCUT2D eigenvalue weighted by Gasteiger charge is -2.49. The molecule has 5 rings (SSSR count). The molecule has 4 heterocycles. The summed E-state index contributed by atoms with van der Waals surface area (Å²) in [6, 6.07) is 2.57. The Morgan fingerprint density at radius 1 is 1.31 bits per heavy atom. The van der Waals surface area contributed by atoms with Crippen LogP contribution in [0, 0.1) is 6.92 Å². The fourth-order valence-electron chi connectivity index (χ4n) is 4.07. The number of aromatic nitrogens is 5. The number of nitrogens with zero attached hydrogens (tertiary/aromatic N) is 5. The van der Waals surface area contributed by atoms with Gasteiger partial charge in [-0.15, -0.1) is 0 Å². The third kappa shape index (κ3) is 3.63. The van der Waals surface area contributed by atoms with E-state index in [0.717, 1.165) is 22.9 Å². The molecule has 8 nitrogen and oxygen atoms in total. The number of hydrogen-bond acceptors (Lipinski definition) is 6. The molecule has 0 bridgehead atoms. The number of benzene rings is 1. The Morgan fingerprint density at radius 3 is 2.72 bits per heavy atom. The molecule has 5 unspecified atom stereocenters. The summed E-state index contributed by atoms with van der Waals surface area (Å²) in [6.07, 6.45) is -4.54. The van der Waals surface area contributed by atoms with E-state index in [1.54, 1.807) is 24.0 Å². The van der Waals surface area contributed by atoms with Crippen LogP contribution < -0.4 is 0 Å². The Kier molecular flexibility index (Phi) is 5.32. The molecule has 0 aliphatic carbocycles. The van der Waals surface area contributed by atoms with Crippen molar-refractivity contribution in [2.45, 2.75) is 43.6 Å². The van der Waals surface area contributed by atoms with Crippen LogP contribution in [0.5, 0.6) is 0 Å². The largest absolute Gasteiger partial charge is 0.418 e. The van der Waals surface area contributed by atoms with E-state index in [1.165, 1.54) is 0 Å². The summed E-state index contributed by atoms with van der Waals surface area (Å²) in [4.78, 5) is 4.31. The average molecular weight is 535 g/mol. The number of aliphatic hydroxyl groups excluding tert-OH is 1. The zero-order valence-corrected chi connectivity index (χ0v) is 18.7. The first kappa shape index (κ1) is 21.8. The van der Waals surface area contributed by atoms with Crippen LogP contribution in [0.15, 0.2) is 35.1 Å². The normalized spacial score (nSPS) is 27.8. The maximum atomic E-state index is 13.7. The van der Waals surface area contributed by atoms with Gasteiger partial charge in [-0.1, -0.05) is 11.6 Å². The van der Waals surface area contributed by atoms with Crippen LogP contribution in [-0.4, -0.2) is 54.6 Å². The average Bonchev–Trinajstić information content (AvgIpc) is 3.29. The van der Waals surface area contributed by atoms with E-state index in [2.05, 4.69) is 31.1 Å². The number of hydrogen-bond donors (Lipinski definition) is 1. The first-order valence-corrected chi connectivity index (χ1v) is 10.8. The predicted octanol–water partition coefficient (Wildman–Crippen LogP) is 3.65. The number of fused-ring (bicyclic) bond motifs is 1.